The molecule has 7 aromatic carbocycles. The number of rotatable bonds is 3. The standard InChI is InChI=1S/C47H32N4/c1-47(2)35-25-13-9-21-31(35)39-40-33-23-11-15-27-37(33)50(30-19-7-4-8-20-30)44(40)41-34-24-12-16-28-38(34)51(45(41)42(39)47)46-48-36-26-14-10-22-32(36)43(49-46)29-17-5-3-6-18-29/h3-28H,1-2H3. The Balaban J connectivity index is 1.43. The summed E-state index contributed by atoms with van der Waals surface area (Å²) in [5, 5.41) is 6.00. The summed E-state index contributed by atoms with van der Waals surface area (Å²) in [6, 6.07) is 56.4. The van der Waals surface area contributed by atoms with Crippen LogP contribution in [0.3, 0.4) is 0 Å². The third-order valence-corrected chi connectivity index (χ3v) is 11.1. The van der Waals surface area contributed by atoms with Gasteiger partial charge in [0, 0.05) is 43.6 Å². The SMILES string of the molecule is CC1(C)c2ccccc2-c2c1c1c(c3ccccc3n1-c1nc(-c3ccccc3)c3ccccc3n1)c1c2c2ccccc2n1-c1ccccc1. The molecule has 1 aliphatic carbocycles. The van der Waals surface area contributed by atoms with Gasteiger partial charge in [0.1, 0.15) is 0 Å². The third kappa shape index (κ3) is 3.74. The van der Waals surface area contributed by atoms with E-state index in [2.05, 4.69) is 181 Å². The summed E-state index contributed by atoms with van der Waals surface area (Å²) in [5.74, 6) is 0.675. The molecule has 0 saturated heterocycles. The van der Waals surface area contributed by atoms with Crippen LogP contribution in [-0.4, -0.2) is 19.1 Å². The van der Waals surface area contributed by atoms with Gasteiger partial charge in [-0.05, 0) is 52.6 Å². The third-order valence-electron chi connectivity index (χ3n) is 11.1. The fraction of sp³-hybridized carbons (Fsp3) is 0.0638. The van der Waals surface area contributed by atoms with E-state index < -0.39 is 0 Å². The van der Waals surface area contributed by atoms with Crippen LogP contribution in [0.4, 0.5) is 0 Å². The molecule has 0 radical (unpaired) electrons. The van der Waals surface area contributed by atoms with Crippen molar-refractivity contribution in [2.24, 2.45) is 0 Å². The van der Waals surface area contributed by atoms with Crippen molar-refractivity contribution < 1.29 is 0 Å². The quantitative estimate of drug-likeness (QED) is 0.190. The van der Waals surface area contributed by atoms with Crippen LogP contribution in [0.2, 0.25) is 0 Å². The van der Waals surface area contributed by atoms with Gasteiger partial charge in [0.05, 0.1) is 33.3 Å². The molecule has 4 heteroatoms. The first kappa shape index (κ1) is 28.3. The summed E-state index contributed by atoms with van der Waals surface area (Å²) in [4.78, 5) is 10.9. The number of hydrogen-bond acceptors (Lipinski definition) is 2. The van der Waals surface area contributed by atoms with Crippen molar-refractivity contribution in [3.8, 4) is 34.0 Å². The lowest BCUT2D eigenvalue weighted by Crippen LogP contribution is -2.17. The highest BCUT2D eigenvalue weighted by atomic mass is 15.2. The predicted molar refractivity (Wildman–Crippen MR) is 211 cm³/mol. The summed E-state index contributed by atoms with van der Waals surface area (Å²) in [6.07, 6.45) is 0. The molecule has 3 heterocycles. The topological polar surface area (TPSA) is 35.6 Å². The number of fused-ring (bicyclic) bond motifs is 13. The number of hydrogen-bond donors (Lipinski definition) is 0. The molecule has 0 amide bonds. The average molecular weight is 653 g/mol. The van der Waals surface area contributed by atoms with E-state index >= 15 is 0 Å². The van der Waals surface area contributed by atoms with E-state index in [1.54, 1.807) is 0 Å². The van der Waals surface area contributed by atoms with Gasteiger partial charge in [-0.25, -0.2) is 9.97 Å². The van der Waals surface area contributed by atoms with Crippen molar-refractivity contribution in [1.29, 1.82) is 0 Å². The minimum atomic E-state index is -0.292. The van der Waals surface area contributed by atoms with Gasteiger partial charge in [0.2, 0.25) is 5.95 Å². The maximum absolute atomic E-state index is 5.48. The Morgan fingerprint density at radius 1 is 0.490 bits per heavy atom. The van der Waals surface area contributed by atoms with Crippen molar-refractivity contribution in [1.82, 2.24) is 19.1 Å². The van der Waals surface area contributed by atoms with E-state index in [-0.39, 0.29) is 5.41 Å². The number of aromatic nitrogens is 4. The van der Waals surface area contributed by atoms with Crippen LogP contribution in [0.5, 0.6) is 0 Å². The Bertz CT molecular complexity index is 3040. The molecule has 10 aromatic rings. The van der Waals surface area contributed by atoms with Crippen molar-refractivity contribution in [2.45, 2.75) is 19.3 Å². The van der Waals surface area contributed by atoms with Crippen LogP contribution >= 0.6 is 0 Å². The van der Waals surface area contributed by atoms with Gasteiger partial charge in [0.15, 0.2) is 0 Å². The minimum absolute atomic E-state index is 0.292. The van der Waals surface area contributed by atoms with Gasteiger partial charge < -0.3 is 4.57 Å². The van der Waals surface area contributed by atoms with Crippen molar-refractivity contribution in [3.63, 3.8) is 0 Å². The lowest BCUT2D eigenvalue weighted by molar-refractivity contribution is 0.664. The van der Waals surface area contributed by atoms with E-state index in [4.69, 9.17) is 9.97 Å². The van der Waals surface area contributed by atoms with Crippen LogP contribution < -0.4 is 0 Å². The van der Waals surface area contributed by atoms with Gasteiger partial charge in [-0.15, -0.1) is 0 Å². The molecule has 0 spiro atoms. The molecule has 0 N–H and O–H groups in total. The van der Waals surface area contributed by atoms with Gasteiger partial charge >= 0.3 is 0 Å². The Hall–Kier alpha value is -6.52. The molecule has 0 unspecified atom stereocenters. The first-order chi connectivity index (χ1) is 25.1. The molecule has 0 saturated carbocycles. The van der Waals surface area contributed by atoms with E-state index in [1.807, 2.05) is 0 Å². The van der Waals surface area contributed by atoms with E-state index in [0.29, 0.717) is 5.95 Å². The van der Waals surface area contributed by atoms with Crippen LogP contribution in [0.1, 0.15) is 25.0 Å². The first-order valence-electron chi connectivity index (χ1n) is 17.6. The molecule has 0 fully saturated rings. The lowest BCUT2D eigenvalue weighted by Gasteiger charge is -2.24. The minimum Gasteiger partial charge on any atom is -0.309 e. The second-order valence-corrected chi connectivity index (χ2v) is 14.2. The molecule has 0 bridgehead atoms. The molecule has 1 aliphatic rings. The Morgan fingerprint density at radius 3 is 1.84 bits per heavy atom. The smallest absolute Gasteiger partial charge is 0.235 e. The zero-order valence-corrected chi connectivity index (χ0v) is 28.3. The molecule has 240 valence electrons. The second kappa shape index (κ2) is 10.3. The highest BCUT2D eigenvalue weighted by molar-refractivity contribution is 6.32. The molecule has 4 nitrogen and oxygen atoms in total. The van der Waals surface area contributed by atoms with Gasteiger partial charge in [-0.3, -0.25) is 4.57 Å². The number of benzene rings is 7. The molecule has 0 aliphatic heterocycles. The molecular formula is C47H32N4. The van der Waals surface area contributed by atoms with Crippen LogP contribution in [0.15, 0.2) is 158 Å². The molecule has 11 rings (SSSR count). The summed E-state index contributed by atoms with van der Waals surface area (Å²) in [7, 11) is 0. The Morgan fingerprint density at radius 2 is 1.08 bits per heavy atom. The van der Waals surface area contributed by atoms with E-state index in [1.165, 1.54) is 54.8 Å². The normalized spacial score (nSPS) is 13.5. The predicted octanol–water partition coefficient (Wildman–Crippen LogP) is 11.8. The van der Waals surface area contributed by atoms with Crippen molar-refractivity contribution >= 4 is 54.5 Å². The molecule has 3 aromatic heterocycles. The fourth-order valence-electron chi connectivity index (χ4n) is 8.98. The van der Waals surface area contributed by atoms with Crippen LogP contribution in [0.25, 0.3) is 88.5 Å². The number of para-hydroxylation sites is 4. The van der Waals surface area contributed by atoms with E-state index in [0.717, 1.165) is 38.9 Å². The summed E-state index contributed by atoms with van der Waals surface area (Å²) >= 11 is 0. The molecular weight excluding hydrogens is 621 g/mol. The van der Waals surface area contributed by atoms with Crippen molar-refractivity contribution in [3.05, 3.63) is 169 Å². The maximum Gasteiger partial charge on any atom is 0.235 e. The fourth-order valence-corrected chi connectivity index (χ4v) is 8.98. The lowest BCUT2D eigenvalue weighted by atomic mass is 9.81. The second-order valence-electron chi connectivity index (χ2n) is 14.2. The van der Waals surface area contributed by atoms with Crippen LogP contribution in [0, 0.1) is 0 Å². The Labute approximate surface area is 294 Å². The average Bonchev–Trinajstić information content (AvgIpc) is 3.78. The summed E-state index contributed by atoms with van der Waals surface area (Å²) < 4.78 is 4.84. The largest absolute Gasteiger partial charge is 0.309 e. The first-order valence-corrected chi connectivity index (χ1v) is 17.6. The van der Waals surface area contributed by atoms with Gasteiger partial charge in [-0.2, -0.15) is 0 Å². The van der Waals surface area contributed by atoms with Gasteiger partial charge in [-0.1, -0.05) is 141 Å². The number of nitrogens with zero attached hydrogens (tertiary/aromatic N) is 4. The van der Waals surface area contributed by atoms with Crippen LogP contribution in [-0.2, 0) is 5.41 Å². The molecule has 51 heavy (non-hydrogen) atoms. The zero-order chi connectivity index (χ0) is 33.8. The molecule has 0 atom stereocenters. The highest BCUT2D eigenvalue weighted by Gasteiger charge is 2.41. The maximum atomic E-state index is 5.48. The monoisotopic (exact) mass is 652 g/mol. The van der Waals surface area contributed by atoms with Crippen molar-refractivity contribution in [2.75, 3.05) is 0 Å². The summed E-state index contributed by atoms with van der Waals surface area (Å²) in [5.41, 5.74) is 13.7. The summed E-state index contributed by atoms with van der Waals surface area (Å²) in [6.45, 7) is 4.77. The Kier molecular flexibility index (Phi) is 5.70. The zero-order valence-electron chi connectivity index (χ0n) is 28.3. The van der Waals surface area contributed by atoms with E-state index in [9.17, 15) is 0 Å². The highest BCUT2D eigenvalue weighted by Crippen LogP contribution is 2.58. The van der Waals surface area contributed by atoms with Gasteiger partial charge in [0.25, 0.3) is 0 Å².